The summed E-state index contributed by atoms with van der Waals surface area (Å²) in [6.45, 7) is 3.60. The molecule has 0 unspecified atom stereocenters. The van der Waals surface area contributed by atoms with Gasteiger partial charge in [-0.05, 0) is 19.3 Å². The topological polar surface area (TPSA) is 121 Å². The maximum atomic E-state index is 8.60. The van der Waals surface area contributed by atoms with Crippen LogP contribution in [0.15, 0.2) is 0 Å². The molecule has 0 aromatic carbocycles. The van der Waals surface area contributed by atoms with E-state index in [4.69, 9.17) is 15.7 Å². The lowest BCUT2D eigenvalue weighted by atomic mass is 10.4. The average molecular weight is 297 g/mol. The van der Waals surface area contributed by atoms with Gasteiger partial charge in [-0.25, -0.2) is 5.84 Å². The summed E-state index contributed by atoms with van der Waals surface area (Å²) in [6, 6.07) is 0. The van der Waals surface area contributed by atoms with Crippen LogP contribution in [0, 0.1) is 0 Å². The minimum Gasteiger partial charge on any atom is -0.394 e. The number of hydrogen-bond acceptors (Lipinski definition) is 9. The lowest BCUT2D eigenvalue weighted by molar-refractivity contribution is 0.0921. The zero-order valence-corrected chi connectivity index (χ0v) is 12.1. The lowest BCUT2D eigenvalue weighted by Crippen LogP contribution is -2.23. The molecule has 5 N–H and O–H groups in total. The number of aromatic nitrogens is 3. The predicted molar refractivity (Wildman–Crippen MR) is 80.1 cm³/mol. The number of anilines is 3. The van der Waals surface area contributed by atoms with Crippen molar-refractivity contribution < 1.29 is 9.84 Å². The van der Waals surface area contributed by atoms with Crippen molar-refractivity contribution in [3.63, 3.8) is 0 Å². The van der Waals surface area contributed by atoms with E-state index in [-0.39, 0.29) is 6.61 Å². The van der Waals surface area contributed by atoms with Crippen LogP contribution in [0.2, 0.25) is 0 Å². The molecule has 1 aliphatic rings. The zero-order chi connectivity index (χ0) is 14.9. The third-order valence-electron chi connectivity index (χ3n) is 3.13. The largest absolute Gasteiger partial charge is 0.394 e. The number of hydrogen-bond donors (Lipinski definition) is 4. The van der Waals surface area contributed by atoms with E-state index in [1.54, 1.807) is 0 Å². The van der Waals surface area contributed by atoms with Gasteiger partial charge in [-0.15, -0.1) is 0 Å². The van der Waals surface area contributed by atoms with Crippen molar-refractivity contribution in [2.75, 3.05) is 55.1 Å². The summed E-state index contributed by atoms with van der Waals surface area (Å²) in [5.41, 5.74) is 2.47. The van der Waals surface area contributed by atoms with Crippen LogP contribution in [0.1, 0.15) is 19.3 Å². The first-order valence-electron chi connectivity index (χ1n) is 7.23. The van der Waals surface area contributed by atoms with Crippen LogP contribution in [0.5, 0.6) is 0 Å². The first kappa shape index (κ1) is 15.7. The zero-order valence-electron chi connectivity index (χ0n) is 12.1. The molecule has 2 heterocycles. The Bertz CT molecular complexity index is 426. The fourth-order valence-corrected chi connectivity index (χ4v) is 2.11. The Morgan fingerprint density at radius 2 is 1.90 bits per heavy atom. The number of nitrogens with one attached hydrogen (secondary N) is 2. The van der Waals surface area contributed by atoms with Gasteiger partial charge in [0.15, 0.2) is 0 Å². The van der Waals surface area contributed by atoms with Crippen LogP contribution < -0.4 is 21.5 Å². The van der Waals surface area contributed by atoms with E-state index in [1.807, 2.05) is 0 Å². The van der Waals surface area contributed by atoms with Crippen LogP contribution in [0.4, 0.5) is 17.8 Å². The van der Waals surface area contributed by atoms with Crippen molar-refractivity contribution in [1.82, 2.24) is 15.0 Å². The Morgan fingerprint density at radius 1 is 1.14 bits per heavy atom. The van der Waals surface area contributed by atoms with Gasteiger partial charge in [-0.3, -0.25) is 5.43 Å². The third-order valence-corrected chi connectivity index (χ3v) is 3.13. The van der Waals surface area contributed by atoms with E-state index in [2.05, 4.69) is 30.6 Å². The summed E-state index contributed by atoms with van der Waals surface area (Å²) < 4.78 is 5.19. The second kappa shape index (κ2) is 8.55. The van der Waals surface area contributed by atoms with Gasteiger partial charge < -0.3 is 20.1 Å². The highest BCUT2D eigenvalue weighted by Gasteiger charge is 2.17. The minimum atomic E-state index is 0.0472. The van der Waals surface area contributed by atoms with E-state index in [0.29, 0.717) is 37.6 Å². The van der Waals surface area contributed by atoms with Crippen LogP contribution in [0.25, 0.3) is 0 Å². The van der Waals surface area contributed by atoms with Crippen molar-refractivity contribution in [2.45, 2.75) is 19.3 Å². The van der Waals surface area contributed by atoms with E-state index in [0.717, 1.165) is 32.4 Å². The summed E-state index contributed by atoms with van der Waals surface area (Å²) in [6.07, 6.45) is 3.11. The molecule has 0 bridgehead atoms. The van der Waals surface area contributed by atoms with Crippen molar-refractivity contribution in [1.29, 1.82) is 0 Å². The van der Waals surface area contributed by atoms with Crippen molar-refractivity contribution in [3.05, 3.63) is 0 Å². The van der Waals surface area contributed by atoms with Gasteiger partial charge in [0.1, 0.15) is 0 Å². The Hall–Kier alpha value is -1.71. The van der Waals surface area contributed by atoms with E-state index < -0.39 is 0 Å². The number of rotatable bonds is 9. The highest BCUT2D eigenvalue weighted by atomic mass is 16.5. The molecule has 1 aromatic heterocycles. The summed E-state index contributed by atoms with van der Waals surface area (Å²) in [5, 5.41) is 11.7. The molecule has 0 aliphatic carbocycles. The van der Waals surface area contributed by atoms with Gasteiger partial charge in [0.25, 0.3) is 0 Å². The summed E-state index contributed by atoms with van der Waals surface area (Å²) in [7, 11) is 0. The van der Waals surface area contributed by atoms with Gasteiger partial charge in [0.2, 0.25) is 17.8 Å². The molecule has 1 saturated heterocycles. The summed E-state index contributed by atoms with van der Waals surface area (Å²) >= 11 is 0. The molecule has 0 spiro atoms. The molecule has 0 amide bonds. The van der Waals surface area contributed by atoms with Crippen LogP contribution >= 0.6 is 0 Å². The Balaban J connectivity index is 1.87. The van der Waals surface area contributed by atoms with Crippen LogP contribution in [-0.4, -0.2) is 59.5 Å². The molecular weight excluding hydrogens is 274 g/mol. The van der Waals surface area contributed by atoms with Crippen molar-refractivity contribution >= 4 is 17.8 Å². The second-order valence-corrected chi connectivity index (χ2v) is 4.74. The van der Waals surface area contributed by atoms with E-state index in [9.17, 15) is 0 Å². The number of aliphatic hydroxyl groups is 1. The fourth-order valence-electron chi connectivity index (χ4n) is 2.11. The average Bonchev–Trinajstić information content (AvgIpc) is 3.05. The Morgan fingerprint density at radius 3 is 2.62 bits per heavy atom. The van der Waals surface area contributed by atoms with Gasteiger partial charge in [0.05, 0.1) is 13.2 Å². The normalized spacial score (nSPS) is 14.5. The van der Waals surface area contributed by atoms with E-state index >= 15 is 0 Å². The molecule has 118 valence electrons. The van der Waals surface area contributed by atoms with Crippen molar-refractivity contribution in [3.8, 4) is 0 Å². The molecule has 0 radical (unpaired) electrons. The SMILES string of the molecule is NNc1nc(NCCCOCCO)nc(N2CCCC2)n1. The number of ether oxygens (including phenoxy) is 1. The summed E-state index contributed by atoms with van der Waals surface area (Å²) in [4.78, 5) is 15.0. The molecule has 0 atom stereocenters. The third kappa shape index (κ3) is 4.96. The van der Waals surface area contributed by atoms with E-state index in [1.165, 1.54) is 0 Å². The molecule has 1 fully saturated rings. The number of hydrazine groups is 1. The van der Waals surface area contributed by atoms with Gasteiger partial charge in [0, 0.05) is 26.2 Å². The first-order chi connectivity index (χ1) is 10.3. The highest BCUT2D eigenvalue weighted by molar-refractivity contribution is 5.43. The Kier molecular flexibility index (Phi) is 6.38. The molecule has 9 heteroatoms. The minimum absolute atomic E-state index is 0.0472. The highest BCUT2D eigenvalue weighted by Crippen LogP contribution is 2.18. The molecule has 1 aliphatic heterocycles. The van der Waals surface area contributed by atoms with Crippen molar-refractivity contribution in [2.24, 2.45) is 5.84 Å². The number of nitrogens with zero attached hydrogens (tertiary/aromatic N) is 4. The number of aliphatic hydroxyl groups excluding tert-OH is 1. The maximum Gasteiger partial charge on any atom is 0.243 e. The maximum absolute atomic E-state index is 8.60. The quantitative estimate of drug-likeness (QED) is 0.273. The monoisotopic (exact) mass is 297 g/mol. The molecule has 2 rings (SSSR count). The van der Waals surface area contributed by atoms with Gasteiger partial charge in [-0.2, -0.15) is 15.0 Å². The van der Waals surface area contributed by atoms with Crippen LogP contribution in [-0.2, 0) is 4.74 Å². The molecule has 9 nitrogen and oxygen atoms in total. The summed E-state index contributed by atoms with van der Waals surface area (Å²) in [5.74, 6) is 6.91. The lowest BCUT2D eigenvalue weighted by Gasteiger charge is -2.16. The smallest absolute Gasteiger partial charge is 0.243 e. The first-order valence-corrected chi connectivity index (χ1v) is 7.23. The molecule has 1 aromatic rings. The molecule has 21 heavy (non-hydrogen) atoms. The second-order valence-electron chi connectivity index (χ2n) is 4.74. The molecular formula is C12H23N7O2. The number of nitrogen functional groups attached to an aromatic ring is 1. The van der Waals surface area contributed by atoms with Gasteiger partial charge >= 0.3 is 0 Å². The Labute approximate surface area is 123 Å². The van der Waals surface area contributed by atoms with Gasteiger partial charge in [-0.1, -0.05) is 0 Å². The standard InChI is InChI=1S/C12H23N7O2/c13-18-11-15-10(14-4-3-8-21-9-7-20)16-12(17-11)19-5-1-2-6-19/h20H,1-9,13H2,(H2,14,15,16,17,18). The molecule has 0 saturated carbocycles. The van der Waals surface area contributed by atoms with Crippen LogP contribution in [0.3, 0.4) is 0 Å². The predicted octanol–water partition coefficient (Wildman–Crippen LogP) is -0.432. The fraction of sp³-hybridized carbons (Fsp3) is 0.750. The number of nitrogens with two attached hydrogens (primary N) is 1.